The lowest BCUT2D eigenvalue weighted by Gasteiger charge is -2.29. The van der Waals surface area contributed by atoms with E-state index in [1.165, 1.54) is 11.3 Å². The van der Waals surface area contributed by atoms with E-state index in [2.05, 4.69) is 15.9 Å². The number of thiophene rings is 1. The molecule has 1 aliphatic heterocycles. The van der Waals surface area contributed by atoms with Gasteiger partial charge in [0.15, 0.2) is 0 Å². The van der Waals surface area contributed by atoms with Gasteiger partial charge < -0.3 is 4.90 Å². The van der Waals surface area contributed by atoms with Gasteiger partial charge in [-0.25, -0.2) is 0 Å². The third kappa shape index (κ3) is 2.74. The number of hydrogen-bond donors (Lipinski definition) is 0. The van der Waals surface area contributed by atoms with E-state index in [0.717, 1.165) is 30.8 Å². The first-order valence-electron chi connectivity index (χ1n) is 4.85. The number of alkyl halides is 1. The van der Waals surface area contributed by atoms with Crippen molar-refractivity contribution in [2.24, 2.45) is 0 Å². The Morgan fingerprint density at radius 1 is 1.60 bits per heavy atom. The zero-order valence-corrected chi connectivity index (χ0v) is 11.2. The Labute approximate surface area is 106 Å². The molecule has 1 amide bonds. The first kappa shape index (κ1) is 11.4. The topological polar surface area (TPSA) is 20.3 Å². The van der Waals surface area contributed by atoms with Gasteiger partial charge in [-0.15, -0.1) is 11.3 Å². The number of likely N-dealkylation sites (tertiary alicyclic amines) is 1. The van der Waals surface area contributed by atoms with Crippen molar-refractivity contribution in [3.05, 3.63) is 21.3 Å². The average Bonchev–Trinajstić information content (AvgIpc) is 2.64. The third-order valence-corrected chi connectivity index (χ3v) is 4.40. The number of amides is 1. The maximum absolute atomic E-state index is 12.0. The molecule has 2 nitrogen and oxygen atoms in total. The van der Waals surface area contributed by atoms with E-state index in [-0.39, 0.29) is 5.91 Å². The second kappa shape index (κ2) is 4.85. The van der Waals surface area contributed by atoms with Crippen LogP contribution in [0.2, 0.25) is 4.34 Å². The molecule has 5 heteroatoms. The summed E-state index contributed by atoms with van der Waals surface area (Å²) in [6.45, 7) is 1.66. The van der Waals surface area contributed by atoms with Crippen LogP contribution in [0.25, 0.3) is 0 Å². The molecule has 1 aliphatic rings. The molecule has 1 aromatic heterocycles. The maximum Gasteiger partial charge on any atom is 0.264 e. The van der Waals surface area contributed by atoms with Gasteiger partial charge in [0.2, 0.25) is 0 Å². The van der Waals surface area contributed by atoms with Gasteiger partial charge >= 0.3 is 0 Å². The molecule has 0 radical (unpaired) electrons. The average molecular weight is 309 g/mol. The van der Waals surface area contributed by atoms with Crippen molar-refractivity contribution in [2.75, 3.05) is 13.1 Å². The summed E-state index contributed by atoms with van der Waals surface area (Å²) in [6, 6.07) is 3.57. The highest BCUT2D eigenvalue weighted by molar-refractivity contribution is 9.09. The summed E-state index contributed by atoms with van der Waals surface area (Å²) in [7, 11) is 0. The summed E-state index contributed by atoms with van der Waals surface area (Å²) >= 11 is 10.7. The Kier molecular flexibility index (Phi) is 3.69. The van der Waals surface area contributed by atoms with Crippen LogP contribution in [-0.2, 0) is 0 Å². The number of carbonyl (C=O) groups is 1. The Bertz CT molecular complexity index is 368. The van der Waals surface area contributed by atoms with Gasteiger partial charge in [-0.1, -0.05) is 27.5 Å². The number of piperidine rings is 1. The van der Waals surface area contributed by atoms with E-state index in [9.17, 15) is 4.79 Å². The summed E-state index contributed by atoms with van der Waals surface area (Å²) in [5.74, 6) is 0.107. The standard InChI is InChI=1S/C10H11BrClNOS/c11-7-2-1-5-13(6-7)10(14)8-3-4-9(12)15-8/h3-4,7H,1-2,5-6H2. The van der Waals surface area contributed by atoms with Crippen molar-refractivity contribution < 1.29 is 4.79 Å². The van der Waals surface area contributed by atoms with Gasteiger partial charge in [0, 0.05) is 17.9 Å². The minimum Gasteiger partial charge on any atom is -0.337 e. The molecule has 1 fully saturated rings. The van der Waals surface area contributed by atoms with E-state index in [1.807, 2.05) is 4.90 Å². The van der Waals surface area contributed by atoms with Crippen molar-refractivity contribution in [3.8, 4) is 0 Å². The van der Waals surface area contributed by atoms with Crippen molar-refractivity contribution in [1.29, 1.82) is 0 Å². The summed E-state index contributed by atoms with van der Waals surface area (Å²) < 4.78 is 0.672. The van der Waals surface area contributed by atoms with Gasteiger partial charge in [-0.2, -0.15) is 0 Å². The molecule has 0 bridgehead atoms. The fourth-order valence-corrected chi connectivity index (χ4v) is 3.38. The number of hydrogen-bond acceptors (Lipinski definition) is 2. The zero-order valence-electron chi connectivity index (χ0n) is 8.08. The third-order valence-electron chi connectivity index (χ3n) is 2.44. The molecule has 0 N–H and O–H groups in total. The maximum atomic E-state index is 12.0. The summed E-state index contributed by atoms with van der Waals surface area (Å²) in [5, 5.41) is 0. The Balaban J connectivity index is 2.07. The van der Waals surface area contributed by atoms with Crippen LogP contribution in [0.1, 0.15) is 22.5 Å². The van der Waals surface area contributed by atoms with Crippen molar-refractivity contribution in [1.82, 2.24) is 4.90 Å². The fourth-order valence-electron chi connectivity index (χ4n) is 1.69. The van der Waals surface area contributed by atoms with Gasteiger partial charge in [0.05, 0.1) is 9.21 Å². The zero-order chi connectivity index (χ0) is 10.8. The number of rotatable bonds is 1. The Morgan fingerprint density at radius 2 is 2.40 bits per heavy atom. The van der Waals surface area contributed by atoms with Gasteiger partial charge in [0.25, 0.3) is 5.91 Å². The predicted molar refractivity (Wildman–Crippen MR) is 67.2 cm³/mol. The molecule has 0 aliphatic carbocycles. The monoisotopic (exact) mass is 307 g/mol. The van der Waals surface area contributed by atoms with Crippen LogP contribution in [-0.4, -0.2) is 28.7 Å². The predicted octanol–water partition coefficient (Wildman–Crippen LogP) is 3.40. The van der Waals surface area contributed by atoms with Crippen molar-refractivity contribution in [3.63, 3.8) is 0 Å². The molecule has 0 aromatic carbocycles. The fraction of sp³-hybridized carbons (Fsp3) is 0.500. The summed E-state index contributed by atoms with van der Waals surface area (Å²) in [4.78, 5) is 15.1. The minimum absolute atomic E-state index is 0.107. The first-order valence-corrected chi connectivity index (χ1v) is 6.96. The molecule has 82 valence electrons. The van der Waals surface area contributed by atoms with Crippen LogP contribution in [0.15, 0.2) is 12.1 Å². The van der Waals surface area contributed by atoms with Crippen LogP contribution in [0.3, 0.4) is 0 Å². The van der Waals surface area contributed by atoms with Gasteiger partial charge in [0.1, 0.15) is 0 Å². The number of carbonyl (C=O) groups excluding carboxylic acids is 1. The van der Waals surface area contributed by atoms with Crippen LogP contribution in [0.4, 0.5) is 0 Å². The van der Waals surface area contributed by atoms with Crippen LogP contribution in [0.5, 0.6) is 0 Å². The summed E-state index contributed by atoms with van der Waals surface area (Å²) in [6.07, 6.45) is 2.22. The normalized spacial score (nSPS) is 21.7. The molecular weight excluding hydrogens is 298 g/mol. The largest absolute Gasteiger partial charge is 0.337 e. The quantitative estimate of drug-likeness (QED) is 0.728. The molecule has 0 spiro atoms. The molecule has 15 heavy (non-hydrogen) atoms. The molecule has 1 unspecified atom stereocenters. The van der Waals surface area contributed by atoms with E-state index in [1.54, 1.807) is 12.1 Å². The molecule has 2 rings (SSSR count). The second-order valence-electron chi connectivity index (χ2n) is 3.59. The lowest BCUT2D eigenvalue weighted by molar-refractivity contribution is 0.0735. The second-order valence-corrected chi connectivity index (χ2v) is 6.60. The highest BCUT2D eigenvalue weighted by Gasteiger charge is 2.23. The van der Waals surface area contributed by atoms with E-state index >= 15 is 0 Å². The molecule has 2 heterocycles. The Hall–Kier alpha value is -0.0600. The van der Waals surface area contributed by atoms with Crippen LogP contribution < -0.4 is 0 Å². The van der Waals surface area contributed by atoms with Gasteiger partial charge in [-0.05, 0) is 25.0 Å². The smallest absolute Gasteiger partial charge is 0.264 e. The molecule has 1 atom stereocenters. The van der Waals surface area contributed by atoms with E-state index in [0.29, 0.717) is 9.16 Å². The molecular formula is C10H11BrClNOS. The number of halogens is 2. The Morgan fingerprint density at radius 3 is 3.00 bits per heavy atom. The lowest BCUT2D eigenvalue weighted by Crippen LogP contribution is -2.39. The molecule has 0 saturated carbocycles. The summed E-state index contributed by atoms with van der Waals surface area (Å²) in [5.41, 5.74) is 0. The van der Waals surface area contributed by atoms with E-state index in [4.69, 9.17) is 11.6 Å². The van der Waals surface area contributed by atoms with Crippen molar-refractivity contribution >= 4 is 44.8 Å². The van der Waals surface area contributed by atoms with Gasteiger partial charge in [-0.3, -0.25) is 4.79 Å². The number of nitrogens with zero attached hydrogens (tertiary/aromatic N) is 1. The SMILES string of the molecule is O=C(c1ccc(Cl)s1)N1CCCC(Br)C1. The van der Waals surface area contributed by atoms with E-state index < -0.39 is 0 Å². The van der Waals surface area contributed by atoms with Crippen LogP contribution in [0, 0.1) is 0 Å². The van der Waals surface area contributed by atoms with Crippen LogP contribution >= 0.6 is 38.9 Å². The first-order chi connectivity index (χ1) is 7.16. The lowest BCUT2D eigenvalue weighted by atomic mass is 10.1. The minimum atomic E-state index is 0.107. The highest BCUT2D eigenvalue weighted by Crippen LogP contribution is 2.25. The van der Waals surface area contributed by atoms with Crippen molar-refractivity contribution in [2.45, 2.75) is 17.7 Å². The highest BCUT2D eigenvalue weighted by atomic mass is 79.9. The molecule has 1 saturated heterocycles. The molecule has 1 aromatic rings.